The number of nitro benzene ring substituents is 1. The third kappa shape index (κ3) is 5.35. The molecule has 35 heavy (non-hydrogen) atoms. The van der Waals surface area contributed by atoms with Crippen LogP contribution in [0.3, 0.4) is 0 Å². The van der Waals surface area contributed by atoms with Crippen LogP contribution in [0.5, 0.6) is 0 Å². The molecule has 0 bridgehead atoms. The fourth-order valence-electron chi connectivity index (χ4n) is 3.79. The summed E-state index contributed by atoms with van der Waals surface area (Å²) in [5.41, 5.74) is 5.38. The van der Waals surface area contributed by atoms with Crippen LogP contribution in [0.1, 0.15) is 25.0 Å². The largest absolute Gasteiger partial charge is 0.372 e. The molecule has 3 aromatic carbocycles. The quantitative estimate of drug-likeness (QED) is 0.217. The second kappa shape index (κ2) is 10.2. The van der Waals surface area contributed by atoms with E-state index in [0.717, 1.165) is 35.5 Å². The molecule has 1 N–H and O–H groups in total. The van der Waals surface area contributed by atoms with Gasteiger partial charge in [0.25, 0.3) is 5.69 Å². The Bertz CT molecular complexity index is 1400. The van der Waals surface area contributed by atoms with Gasteiger partial charge in [-0.05, 0) is 74.4 Å². The summed E-state index contributed by atoms with van der Waals surface area (Å²) in [6, 6.07) is 17.8. The molecular formula is C26H26N6O3. The van der Waals surface area contributed by atoms with E-state index < -0.39 is 4.92 Å². The van der Waals surface area contributed by atoms with E-state index in [4.69, 9.17) is 0 Å². The number of hydrogen-bond acceptors (Lipinski definition) is 6. The maximum atomic E-state index is 12.5. The second-order valence-corrected chi connectivity index (χ2v) is 8.01. The first-order valence-corrected chi connectivity index (χ1v) is 11.3. The Morgan fingerprint density at radius 1 is 1.06 bits per heavy atom. The number of non-ortho nitro benzene ring substituents is 1. The first-order chi connectivity index (χ1) is 16.9. The number of aryl methyl sites for hydroxylation is 1. The van der Waals surface area contributed by atoms with Crippen molar-refractivity contribution in [1.29, 1.82) is 0 Å². The molecule has 0 aliphatic heterocycles. The van der Waals surface area contributed by atoms with E-state index in [9.17, 15) is 14.9 Å². The Balaban J connectivity index is 1.52. The van der Waals surface area contributed by atoms with Crippen molar-refractivity contribution in [3.8, 4) is 5.69 Å². The van der Waals surface area contributed by atoms with E-state index in [0.29, 0.717) is 16.8 Å². The summed E-state index contributed by atoms with van der Waals surface area (Å²) in [6.45, 7) is 8.02. The molecule has 178 valence electrons. The molecule has 0 fully saturated rings. The number of amides is 1. The summed E-state index contributed by atoms with van der Waals surface area (Å²) in [5.74, 6) is -0.349. The first kappa shape index (κ1) is 23.6. The molecule has 0 spiro atoms. The van der Waals surface area contributed by atoms with Gasteiger partial charge in [-0.3, -0.25) is 14.9 Å². The standard InChI is InChI=1S/C26H26N6O3/c1-4-30(5-2)20-10-12-21(13-11-20)31-28-24-15-18(3)23(17-25(24)29-31)27-26(33)14-9-19-7-6-8-22(16-19)32(34)35/h6-17H,4-5H2,1-3H3,(H,27,33)/b14-9+. The number of fused-ring (bicyclic) bond motifs is 1. The van der Waals surface area contributed by atoms with Gasteiger partial charge in [0.1, 0.15) is 11.0 Å². The number of rotatable bonds is 8. The van der Waals surface area contributed by atoms with Crippen molar-refractivity contribution in [2.24, 2.45) is 0 Å². The lowest BCUT2D eigenvalue weighted by molar-refractivity contribution is -0.384. The van der Waals surface area contributed by atoms with E-state index in [-0.39, 0.29) is 11.6 Å². The van der Waals surface area contributed by atoms with Crippen LogP contribution in [0.2, 0.25) is 0 Å². The van der Waals surface area contributed by atoms with Crippen LogP contribution < -0.4 is 10.2 Å². The maximum absolute atomic E-state index is 12.5. The molecule has 9 nitrogen and oxygen atoms in total. The predicted molar refractivity (Wildman–Crippen MR) is 138 cm³/mol. The highest BCUT2D eigenvalue weighted by Crippen LogP contribution is 2.23. The van der Waals surface area contributed by atoms with Crippen molar-refractivity contribution >= 4 is 40.1 Å². The molecule has 9 heteroatoms. The highest BCUT2D eigenvalue weighted by atomic mass is 16.6. The molecule has 1 aromatic heterocycles. The van der Waals surface area contributed by atoms with Gasteiger partial charge in [0.05, 0.1) is 10.6 Å². The number of nitrogens with zero attached hydrogens (tertiary/aromatic N) is 5. The van der Waals surface area contributed by atoms with Crippen LogP contribution in [0.15, 0.2) is 66.7 Å². The van der Waals surface area contributed by atoms with Crippen molar-refractivity contribution in [1.82, 2.24) is 15.0 Å². The normalized spacial score (nSPS) is 11.2. The average molecular weight is 471 g/mol. The van der Waals surface area contributed by atoms with Crippen LogP contribution in [0, 0.1) is 17.0 Å². The Labute approximate surface area is 202 Å². The number of nitrogens with one attached hydrogen (secondary N) is 1. The van der Waals surface area contributed by atoms with Crippen molar-refractivity contribution in [2.45, 2.75) is 20.8 Å². The van der Waals surface area contributed by atoms with E-state index >= 15 is 0 Å². The minimum absolute atomic E-state index is 0.0281. The van der Waals surface area contributed by atoms with Crippen molar-refractivity contribution in [3.05, 3.63) is 88.0 Å². The zero-order valence-corrected chi connectivity index (χ0v) is 19.8. The number of carbonyl (C=O) groups is 1. The van der Waals surface area contributed by atoms with Gasteiger partial charge in [-0.2, -0.15) is 4.80 Å². The summed E-state index contributed by atoms with van der Waals surface area (Å²) in [7, 11) is 0. The lowest BCUT2D eigenvalue weighted by Crippen LogP contribution is -2.21. The molecule has 1 heterocycles. The molecule has 0 saturated carbocycles. The summed E-state index contributed by atoms with van der Waals surface area (Å²) in [4.78, 5) is 26.8. The van der Waals surface area contributed by atoms with Crippen molar-refractivity contribution < 1.29 is 9.72 Å². The van der Waals surface area contributed by atoms with Crippen molar-refractivity contribution in [2.75, 3.05) is 23.3 Å². The molecule has 0 aliphatic carbocycles. The zero-order chi connectivity index (χ0) is 24.9. The highest BCUT2D eigenvalue weighted by Gasteiger charge is 2.11. The summed E-state index contributed by atoms with van der Waals surface area (Å²) < 4.78 is 0. The minimum Gasteiger partial charge on any atom is -0.372 e. The second-order valence-electron chi connectivity index (χ2n) is 8.01. The number of carbonyl (C=O) groups excluding carboxylic acids is 1. The van der Waals surface area contributed by atoms with Crippen molar-refractivity contribution in [3.63, 3.8) is 0 Å². The molecule has 0 saturated heterocycles. The smallest absolute Gasteiger partial charge is 0.270 e. The molecule has 0 aliphatic rings. The van der Waals surface area contributed by atoms with Crippen LogP contribution in [-0.4, -0.2) is 38.9 Å². The van der Waals surface area contributed by atoms with Gasteiger partial charge in [0.15, 0.2) is 0 Å². The molecule has 0 radical (unpaired) electrons. The third-order valence-electron chi connectivity index (χ3n) is 5.70. The lowest BCUT2D eigenvalue weighted by Gasteiger charge is -2.20. The van der Waals surface area contributed by atoms with Crippen LogP contribution in [-0.2, 0) is 4.79 Å². The Kier molecular flexibility index (Phi) is 6.86. The minimum atomic E-state index is -0.470. The predicted octanol–water partition coefficient (Wildman–Crippen LogP) is 5.14. The van der Waals surface area contributed by atoms with Gasteiger partial charge in [0, 0.05) is 42.7 Å². The summed E-state index contributed by atoms with van der Waals surface area (Å²) in [6.07, 6.45) is 2.88. The number of aromatic nitrogens is 3. The van der Waals surface area contributed by atoms with E-state index in [1.54, 1.807) is 23.0 Å². The van der Waals surface area contributed by atoms with E-state index in [1.165, 1.54) is 24.3 Å². The van der Waals surface area contributed by atoms with Gasteiger partial charge in [-0.15, -0.1) is 10.2 Å². The number of hydrogen-bond donors (Lipinski definition) is 1. The molecule has 1 amide bonds. The first-order valence-electron chi connectivity index (χ1n) is 11.3. The van der Waals surface area contributed by atoms with Gasteiger partial charge in [0.2, 0.25) is 5.91 Å². The van der Waals surface area contributed by atoms with Gasteiger partial charge >= 0.3 is 0 Å². The fraction of sp³-hybridized carbons (Fsp3) is 0.192. The summed E-state index contributed by atoms with van der Waals surface area (Å²) >= 11 is 0. The Morgan fingerprint density at radius 3 is 2.40 bits per heavy atom. The van der Waals surface area contributed by atoms with E-state index in [1.807, 2.05) is 25.1 Å². The van der Waals surface area contributed by atoms with Crippen LogP contribution in [0.4, 0.5) is 17.1 Å². The van der Waals surface area contributed by atoms with E-state index in [2.05, 4.69) is 46.4 Å². The fourth-order valence-corrected chi connectivity index (χ4v) is 3.79. The number of anilines is 2. The SMILES string of the molecule is CCN(CC)c1ccc(-n2nc3cc(C)c(NC(=O)/C=C/c4cccc([N+](=O)[O-])c4)cc3n2)cc1. The van der Waals surface area contributed by atoms with Gasteiger partial charge in [-0.1, -0.05) is 12.1 Å². The van der Waals surface area contributed by atoms with Crippen LogP contribution >= 0.6 is 0 Å². The van der Waals surface area contributed by atoms with Gasteiger partial charge < -0.3 is 10.2 Å². The average Bonchev–Trinajstić information content (AvgIpc) is 3.27. The number of benzene rings is 3. The third-order valence-corrected chi connectivity index (χ3v) is 5.70. The lowest BCUT2D eigenvalue weighted by atomic mass is 10.1. The molecular weight excluding hydrogens is 444 g/mol. The summed E-state index contributed by atoms with van der Waals surface area (Å²) in [5, 5.41) is 22.9. The monoisotopic (exact) mass is 470 g/mol. The topological polar surface area (TPSA) is 106 Å². The number of nitro groups is 1. The van der Waals surface area contributed by atoms with Gasteiger partial charge in [-0.25, -0.2) is 0 Å². The van der Waals surface area contributed by atoms with Crippen LogP contribution in [0.25, 0.3) is 22.8 Å². The zero-order valence-electron chi connectivity index (χ0n) is 19.8. The maximum Gasteiger partial charge on any atom is 0.270 e. The molecule has 0 atom stereocenters. The Hall–Kier alpha value is -4.53. The molecule has 4 rings (SSSR count). The Morgan fingerprint density at radius 2 is 1.74 bits per heavy atom. The molecule has 4 aromatic rings. The molecule has 0 unspecified atom stereocenters. The highest BCUT2D eigenvalue weighted by molar-refractivity contribution is 6.03.